The fraction of sp³-hybridized carbons (Fsp3) is 0.471. The van der Waals surface area contributed by atoms with Crippen LogP contribution in [0.15, 0.2) is 29.2 Å². The normalized spacial score (nSPS) is 19.5. The Hall–Kier alpha value is -2.02. The molecule has 1 aromatic rings. The Balaban J connectivity index is 1.63. The summed E-state index contributed by atoms with van der Waals surface area (Å²) < 4.78 is 0. The van der Waals surface area contributed by atoms with Crippen molar-refractivity contribution >= 4 is 35.3 Å². The van der Waals surface area contributed by atoms with E-state index in [4.69, 9.17) is 0 Å². The van der Waals surface area contributed by atoms with Crippen molar-refractivity contribution < 1.29 is 14.4 Å². The quantitative estimate of drug-likeness (QED) is 0.648. The van der Waals surface area contributed by atoms with E-state index in [0.717, 1.165) is 29.1 Å². The van der Waals surface area contributed by atoms with Gasteiger partial charge in [-0.1, -0.05) is 19.3 Å². The van der Waals surface area contributed by atoms with E-state index in [-0.39, 0.29) is 18.4 Å². The standard InChI is InChI=1S/C17H21N3O3S/c1-24-13-7-5-12(6-8-13)18-14(21)11-20-15(22)17(19-16(20)23)9-3-2-4-10-17/h5-8H,2-4,9-11H2,1H3,(H,18,21)(H,19,23). The largest absolute Gasteiger partial charge is 0.325 e. The fourth-order valence-electron chi connectivity index (χ4n) is 3.33. The lowest BCUT2D eigenvalue weighted by Gasteiger charge is -2.30. The van der Waals surface area contributed by atoms with Crippen molar-refractivity contribution in [3.05, 3.63) is 24.3 Å². The number of nitrogens with one attached hydrogen (secondary N) is 2. The lowest BCUT2D eigenvalue weighted by Crippen LogP contribution is -2.48. The zero-order valence-electron chi connectivity index (χ0n) is 13.6. The number of benzene rings is 1. The number of urea groups is 1. The number of amides is 4. The average molecular weight is 347 g/mol. The van der Waals surface area contributed by atoms with Crippen LogP contribution in [0.4, 0.5) is 10.5 Å². The van der Waals surface area contributed by atoms with E-state index in [1.54, 1.807) is 23.9 Å². The summed E-state index contributed by atoms with van der Waals surface area (Å²) in [6, 6.07) is 6.96. The first-order valence-corrected chi connectivity index (χ1v) is 9.34. The first-order valence-electron chi connectivity index (χ1n) is 8.12. The van der Waals surface area contributed by atoms with Gasteiger partial charge >= 0.3 is 6.03 Å². The number of rotatable bonds is 4. The molecule has 7 heteroatoms. The summed E-state index contributed by atoms with van der Waals surface area (Å²) in [6.45, 7) is -0.253. The van der Waals surface area contributed by atoms with Gasteiger partial charge in [-0.2, -0.15) is 0 Å². The number of imide groups is 1. The third-order valence-electron chi connectivity index (χ3n) is 4.63. The number of nitrogens with zero attached hydrogens (tertiary/aromatic N) is 1. The highest BCUT2D eigenvalue weighted by atomic mass is 32.2. The van der Waals surface area contributed by atoms with Gasteiger partial charge in [-0.3, -0.25) is 14.5 Å². The number of carbonyl (C=O) groups is 3. The highest BCUT2D eigenvalue weighted by Gasteiger charge is 2.51. The molecule has 0 radical (unpaired) electrons. The number of anilines is 1. The summed E-state index contributed by atoms with van der Waals surface area (Å²) in [4.78, 5) is 39.1. The molecule has 1 aliphatic heterocycles. The SMILES string of the molecule is CSc1ccc(NC(=O)CN2C(=O)NC3(CCCCC3)C2=O)cc1. The van der Waals surface area contributed by atoms with Gasteiger partial charge in [0.25, 0.3) is 5.91 Å². The number of hydrogen-bond acceptors (Lipinski definition) is 4. The molecule has 0 atom stereocenters. The van der Waals surface area contributed by atoms with Crippen LogP contribution in [0.1, 0.15) is 32.1 Å². The summed E-state index contributed by atoms with van der Waals surface area (Å²) in [5, 5.41) is 5.54. The molecule has 4 amide bonds. The molecule has 1 saturated carbocycles. The zero-order chi connectivity index (χ0) is 17.2. The van der Waals surface area contributed by atoms with Crippen molar-refractivity contribution in [3.8, 4) is 0 Å². The van der Waals surface area contributed by atoms with Crippen LogP contribution in [-0.2, 0) is 9.59 Å². The molecule has 1 heterocycles. The van der Waals surface area contributed by atoms with Crippen molar-refractivity contribution in [2.75, 3.05) is 18.1 Å². The minimum Gasteiger partial charge on any atom is -0.325 e. The van der Waals surface area contributed by atoms with Gasteiger partial charge in [0.1, 0.15) is 12.1 Å². The second-order valence-corrected chi connectivity index (χ2v) is 7.12. The summed E-state index contributed by atoms with van der Waals surface area (Å²) in [5.74, 6) is -0.636. The molecule has 24 heavy (non-hydrogen) atoms. The maximum absolute atomic E-state index is 12.6. The van der Waals surface area contributed by atoms with E-state index in [2.05, 4.69) is 10.6 Å². The monoisotopic (exact) mass is 347 g/mol. The molecule has 2 fully saturated rings. The van der Waals surface area contributed by atoms with Gasteiger partial charge in [-0.15, -0.1) is 11.8 Å². The van der Waals surface area contributed by atoms with Gasteiger partial charge in [-0.25, -0.2) is 4.79 Å². The van der Waals surface area contributed by atoms with E-state index < -0.39 is 11.6 Å². The van der Waals surface area contributed by atoms with Crippen LogP contribution in [0, 0.1) is 0 Å². The van der Waals surface area contributed by atoms with E-state index in [1.807, 2.05) is 18.4 Å². The first kappa shape index (κ1) is 16.8. The average Bonchev–Trinajstić information content (AvgIpc) is 2.80. The first-order chi connectivity index (χ1) is 11.5. The Kier molecular flexibility index (Phi) is 4.80. The Labute approximate surface area is 145 Å². The number of hydrogen-bond donors (Lipinski definition) is 2. The molecule has 128 valence electrons. The third kappa shape index (κ3) is 3.26. The van der Waals surface area contributed by atoms with E-state index in [1.165, 1.54) is 0 Å². The van der Waals surface area contributed by atoms with Gasteiger partial charge in [0.05, 0.1) is 0 Å². The second-order valence-electron chi connectivity index (χ2n) is 6.24. The summed E-state index contributed by atoms with van der Waals surface area (Å²) in [7, 11) is 0. The molecule has 3 rings (SSSR count). The minimum absolute atomic E-state index is 0.253. The van der Waals surface area contributed by atoms with E-state index in [9.17, 15) is 14.4 Å². The number of carbonyl (C=O) groups excluding carboxylic acids is 3. The van der Waals surface area contributed by atoms with Crippen LogP contribution < -0.4 is 10.6 Å². The maximum Gasteiger partial charge on any atom is 0.325 e. The summed E-state index contributed by atoms with van der Waals surface area (Å²) in [5.41, 5.74) is -0.132. The smallest absolute Gasteiger partial charge is 0.325 e. The fourth-order valence-corrected chi connectivity index (χ4v) is 3.74. The molecule has 0 unspecified atom stereocenters. The highest BCUT2D eigenvalue weighted by molar-refractivity contribution is 7.98. The Bertz CT molecular complexity index is 654. The van der Waals surface area contributed by atoms with E-state index >= 15 is 0 Å². The summed E-state index contributed by atoms with van der Waals surface area (Å²) >= 11 is 1.62. The molecule has 1 aliphatic carbocycles. The molecule has 1 aromatic carbocycles. The van der Waals surface area contributed by atoms with Crippen molar-refractivity contribution in [3.63, 3.8) is 0 Å². The van der Waals surface area contributed by atoms with Crippen molar-refractivity contribution in [1.29, 1.82) is 0 Å². The van der Waals surface area contributed by atoms with Crippen molar-refractivity contribution in [1.82, 2.24) is 10.2 Å². The molecule has 1 spiro atoms. The minimum atomic E-state index is -0.782. The Morgan fingerprint density at radius 2 is 1.88 bits per heavy atom. The Morgan fingerprint density at radius 1 is 1.21 bits per heavy atom. The predicted molar refractivity (Wildman–Crippen MR) is 92.9 cm³/mol. The third-order valence-corrected chi connectivity index (χ3v) is 5.37. The molecular formula is C17H21N3O3S. The van der Waals surface area contributed by atoms with Gasteiger partial charge in [0.2, 0.25) is 5.91 Å². The zero-order valence-corrected chi connectivity index (χ0v) is 14.4. The number of thioether (sulfide) groups is 1. The lowest BCUT2D eigenvalue weighted by atomic mass is 9.82. The second kappa shape index (κ2) is 6.84. The molecule has 0 bridgehead atoms. The highest BCUT2D eigenvalue weighted by Crippen LogP contribution is 2.33. The van der Waals surface area contributed by atoms with Crippen LogP contribution >= 0.6 is 11.8 Å². The summed E-state index contributed by atoms with van der Waals surface area (Å²) in [6.07, 6.45) is 6.23. The van der Waals surface area contributed by atoms with Crippen LogP contribution in [0.25, 0.3) is 0 Å². The Morgan fingerprint density at radius 3 is 2.50 bits per heavy atom. The maximum atomic E-state index is 12.6. The molecule has 1 saturated heterocycles. The lowest BCUT2D eigenvalue weighted by molar-refractivity contribution is -0.134. The van der Waals surface area contributed by atoms with Gasteiger partial charge in [0, 0.05) is 10.6 Å². The van der Waals surface area contributed by atoms with Gasteiger partial charge in [-0.05, 0) is 43.4 Å². The molecule has 0 aromatic heterocycles. The van der Waals surface area contributed by atoms with Gasteiger partial charge in [0.15, 0.2) is 0 Å². The van der Waals surface area contributed by atoms with Crippen LogP contribution in [0.2, 0.25) is 0 Å². The van der Waals surface area contributed by atoms with Crippen LogP contribution in [-0.4, -0.2) is 41.1 Å². The van der Waals surface area contributed by atoms with Gasteiger partial charge < -0.3 is 10.6 Å². The molecule has 6 nitrogen and oxygen atoms in total. The molecular weight excluding hydrogens is 326 g/mol. The van der Waals surface area contributed by atoms with Crippen molar-refractivity contribution in [2.45, 2.75) is 42.5 Å². The van der Waals surface area contributed by atoms with Crippen LogP contribution in [0.5, 0.6) is 0 Å². The molecule has 2 aliphatic rings. The van der Waals surface area contributed by atoms with E-state index in [0.29, 0.717) is 18.5 Å². The molecule has 2 N–H and O–H groups in total. The predicted octanol–water partition coefficient (Wildman–Crippen LogP) is 2.60. The van der Waals surface area contributed by atoms with Crippen LogP contribution in [0.3, 0.4) is 0 Å². The topological polar surface area (TPSA) is 78.5 Å². The van der Waals surface area contributed by atoms with Crippen molar-refractivity contribution in [2.24, 2.45) is 0 Å².